The number of allylic oxidation sites excluding steroid dienone is 5. The zero-order chi connectivity index (χ0) is 25.9. The maximum absolute atomic E-state index is 13.1. The van der Waals surface area contributed by atoms with Crippen LogP contribution in [0.15, 0.2) is 53.9 Å². The molecule has 1 saturated heterocycles. The van der Waals surface area contributed by atoms with Gasteiger partial charge in [0.25, 0.3) is 5.91 Å². The predicted octanol–water partition coefficient (Wildman–Crippen LogP) is 3.17. The van der Waals surface area contributed by atoms with Gasteiger partial charge in [-0.15, -0.1) is 0 Å². The van der Waals surface area contributed by atoms with Crippen LogP contribution in [0.2, 0.25) is 5.02 Å². The number of pyridine rings is 1. The quantitative estimate of drug-likeness (QED) is 0.193. The van der Waals surface area contributed by atoms with Crippen molar-refractivity contribution in [1.29, 1.82) is 10.8 Å². The van der Waals surface area contributed by atoms with Crippen molar-refractivity contribution in [3.05, 3.63) is 58.9 Å². The first-order valence-electron chi connectivity index (χ1n) is 11.9. The molecule has 2 aromatic rings. The molecule has 2 fully saturated rings. The van der Waals surface area contributed by atoms with Crippen LogP contribution in [0.25, 0.3) is 11.2 Å². The second kappa shape index (κ2) is 10.6. The lowest BCUT2D eigenvalue weighted by Crippen LogP contribution is -2.38. The number of halogens is 1. The number of anilines is 1. The van der Waals surface area contributed by atoms with Crippen molar-refractivity contribution in [3.63, 3.8) is 0 Å². The van der Waals surface area contributed by atoms with E-state index in [0.29, 0.717) is 41.7 Å². The van der Waals surface area contributed by atoms with Crippen LogP contribution in [0.1, 0.15) is 19.3 Å². The first-order valence-corrected chi connectivity index (χ1v) is 12.3. The SMILES string of the molecule is Cn1c(N/C(=C/C(=N)C2CC2)C(=O)NC2CCOC2)nc2ncc(O/C(C=N)=C3\C=CC=CN3)c(Cl)c21. The van der Waals surface area contributed by atoms with Crippen LogP contribution in [0.5, 0.6) is 5.75 Å². The fraction of sp³-hybridized carbons (Fsp3) is 0.320. The summed E-state index contributed by atoms with van der Waals surface area (Å²) in [6.45, 7) is 1.07. The summed E-state index contributed by atoms with van der Waals surface area (Å²) in [5.74, 6) is 0.698. The van der Waals surface area contributed by atoms with E-state index in [1.807, 2.05) is 12.2 Å². The number of carbonyl (C=O) groups is 1. The van der Waals surface area contributed by atoms with Crippen molar-refractivity contribution in [2.75, 3.05) is 18.5 Å². The Morgan fingerprint density at radius 2 is 2.19 bits per heavy atom. The van der Waals surface area contributed by atoms with E-state index in [2.05, 4.69) is 25.9 Å². The third-order valence-corrected chi connectivity index (χ3v) is 6.57. The second-order valence-corrected chi connectivity index (χ2v) is 9.31. The van der Waals surface area contributed by atoms with E-state index < -0.39 is 0 Å². The van der Waals surface area contributed by atoms with Gasteiger partial charge in [0.1, 0.15) is 16.2 Å². The second-order valence-electron chi connectivity index (χ2n) is 8.94. The summed E-state index contributed by atoms with van der Waals surface area (Å²) in [4.78, 5) is 22.0. The number of dihydropyridines is 1. The number of rotatable bonds is 9. The Morgan fingerprint density at radius 3 is 2.86 bits per heavy atom. The first kappa shape index (κ1) is 24.7. The number of ether oxygens (including phenoxy) is 2. The van der Waals surface area contributed by atoms with Crippen LogP contribution in [0.3, 0.4) is 0 Å². The Bertz CT molecular complexity index is 1380. The molecule has 1 amide bonds. The molecule has 1 unspecified atom stereocenters. The van der Waals surface area contributed by atoms with E-state index in [1.165, 1.54) is 6.20 Å². The number of hydrogen-bond acceptors (Lipinski definition) is 9. The summed E-state index contributed by atoms with van der Waals surface area (Å²) >= 11 is 6.70. The van der Waals surface area contributed by atoms with Crippen LogP contribution in [-0.4, -0.2) is 51.6 Å². The summed E-state index contributed by atoms with van der Waals surface area (Å²) < 4.78 is 12.9. The highest BCUT2D eigenvalue weighted by Gasteiger charge is 2.28. The number of aryl methyl sites for hydroxylation is 1. The molecule has 3 aliphatic rings. The number of imidazole rings is 1. The molecule has 0 spiro atoms. The summed E-state index contributed by atoms with van der Waals surface area (Å²) in [6, 6.07) is -0.0785. The first-order chi connectivity index (χ1) is 17.9. The maximum Gasteiger partial charge on any atom is 0.268 e. The smallest absolute Gasteiger partial charge is 0.268 e. The van der Waals surface area contributed by atoms with Gasteiger partial charge in [-0.3, -0.25) is 4.79 Å². The Balaban J connectivity index is 1.44. The molecular formula is C25H27ClN8O3. The van der Waals surface area contributed by atoms with Crippen LogP contribution in [0, 0.1) is 16.7 Å². The minimum atomic E-state index is -0.333. The van der Waals surface area contributed by atoms with Gasteiger partial charge in [0.2, 0.25) is 5.95 Å². The van der Waals surface area contributed by atoms with Crippen LogP contribution < -0.4 is 20.7 Å². The van der Waals surface area contributed by atoms with Crippen LogP contribution >= 0.6 is 11.6 Å². The van der Waals surface area contributed by atoms with Crippen molar-refractivity contribution >= 4 is 46.5 Å². The van der Waals surface area contributed by atoms with Crippen LogP contribution in [0.4, 0.5) is 5.95 Å². The molecule has 0 radical (unpaired) electrons. The molecule has 0 aromatic carbocycles. The van der Waals surface area contributed by atoms with Crippen molar-refractivity contribution in [2.45, 2.75) is 25.3 Å². The molecule has 1 saturated carbocycles. The lowest BCUT2D eigenvalue weighted by Gasteiger charge is -2.15. The Hall–Kier alpha value is -3.96. The minimum absolute atomic E-state index is 0.0785. The average Bonchev–Trinajstić information content (AvgIpc) is 3.55. The molecule has 192 valence electrons. The molecule has 2 aliphatic heterocycles. The zero-order valence-corrected chi connectivity index (χ0v) is 20.9. The predicted molar refractivity (Wildman–Crippen MR) is 141 cm³/mol. The molecule has 5 rings (SSSR count). The van der Waals surface area contributed by atoms with E-state index in [1.54, 1.807) is 30.0 Å². The Labute approximate surface area is 218 Å². The molecule has 12 heteroatoms. The summed E-state index contributed by atoms with van der Waals surface area (Å²) in [6.07, 6.45) is 13.9. The molecule has 5 N–H and O–H groups in total. The highest BCUT2D eigenvalue weighted by atomic mass is 35.5. The Kier molecular flexibility index (Phi) is 7.06. The molecule has 1 atom stereocenters. The van der Waals surface area contributed by atoms with Gasteiger partial charge in [-0.2, -0.15) is 4.98 Å². The van der Waals surface area contributed by atoms with Crippen molar-refractivity contribution in [3.8, 4) is 5.75 Å². The van der Waals surface area contributed by atoms with E-state index >= 15 is 0 Å². The number of amides is 1. The van der Waals surface area contributed by atoms with Gasteiger partial charge in [-0.05, 0) is 37.5 Å². The third kappa shape index (κ3) is 5.42. The van der Waals surface area contributed by atoms with Crippen molar-refractivity contribution in [2.24, 2.45) is 13.0 Å². The van der Waals surface area contributed by atoms with E-state index in [9.17, 15) is 4.79 Å². The normalized spacial score (nSPS) is 20.5. The maximum atomic E-state index is 13.1. The third-order valence-electron chi connectivity index (χ3n) is 6.20. The molecule has 1 aliphatic carbocycles. The molecular weight excluding hydrogens is 496 g/mol. The van der Waals surface area contributed by atoms with Crippen LogP contribution in [-0.2, 0) is 16.6 Å². The fourth-order valence-corrected chi connectivity index (χ4v) is 4.28. The number of nitrogens with zero attached hydrogens (tertiary/aromatic N) is 3. The van der Waals surface area contributed by atoms with Gasteiger partial charge in [-0.1, -0.05) is 17.7 Å². The number of hydrogen-bond donors (Lipinski definition) is 5. The van der Waals surface area contributed by atoms with Crippen molar-refractivity contribution in [1.82, 2.24) is 25.2 Å². The molecule has 2 aromatic heterocycles. The van der Waals surface area contributed by atoms with Gasteiger partial charge in [-0.25, -0.2) is 4.98 Å². The number of nitrogens with one attached hydrogen (secondary N) is 5. The van der Waals surface area contributed by atoms with Gasteiger partial charge in [0, 0.05) is 31.5 Å². The monoisotopic (exact) mass is 522 g/mol. The lowest BCUT2D eigenvalue weighted by atomic mass is 10.2. The molecule has 37 heavy (non-hydrogen) atoms. The standard InChI is InChI=1S/C25H27ClN8O3/c1-34-22-21(26)20(37-19(11-27)17-4-2-3-8-29-17)12-30-23(22)33-25(34)32-18(10-16(28)14-5-6-14)24(35)31-15-7-9-36-13-15/h2-4,8,10-12,14-15,27-29H,5-7,9,13H2,1H3,(H,31,35)(H,30,32,33)/b18-10+,19-17+,27-11?,28-16?. The van der Waals surface area contributed by atoms with Crippen molar-refractivity contribution < 1.29 is 14.3 Å². The summed E-state index contributed by atoms with van der Waals surface area (Å²) in [7, 11) is 1.74. The highest BCUT2D eigenvalue weighted by molar-refractivity contribution is 6.36. The topological polar surface area (TPSA) is 150 Å². The van der Waals surface area contributed by atoms with E-state index in [0.717, 1.165) is 25.5 Å². The molecule has 4 heterocycles. The highest BCUT2D eigenvalue weighted by Crippen LogP contribution is 2.34. The minimum Gasteiger partial charge on any atom is -0.450 e. The van der Waals surface area contributed by atoms with Gasteiger partial charge < -0.3 is 40.8 Å². The Morgan fingerprint density at radius 1 is 1.35 bits per heavy atom. The largest absolute Gasteiger partial charge is 0.450 e. The molecule has 0 bridgehead atoms. The van der Waals surface area contributed by atoms with Gasteiger partial charge in [0.15, 0.2) is 17.2 Å². The van der Waals surface area contributed by atoms with Gasteiger partial charge in [0.05, 0.1) is 30.8 Å². The van der Waals surface area contributed by atoms with Gasteiger partial charge >= 0.3 is 0 Å². The molecule has 11 nitrogen and oxygen atoms in total. The summed E-state index contributed by atoms with van der Waals surface area (Å²) in [5, 5.41) is 25.4. The number of carbonyl (C=O) groups excluding carboxylic acids is 1. The average molecular weight is 523 g/mol. The van der Waals surface area contributed by atoms with E-state index in [4.69, 9.17) is 31.9 Å². The zero-order valence-electron chi connectivity index (χ0n) is 20.2. The van der Waals surface area contributed by atoms with E-state index in [-0.39, 0.29) is 40.1 Å². The fourth-order valence-electron chi connectivity index (χ4n) is 3.98. The lowest BCUT2D eigenvalue weighted by molar-refractivity contribution is -0.118. The number of fused-ring (bicyclic) bond motifs is 1. The number of aromatic nitrogens is 3. The summed E-state index contributed by atoms with van der Waals surface area (Å²) in [5.41, 5.74) is 2.07.